The van der Waals surface area contributed by atoms with Crippen LogP contribution in [-0.4, -0.2) is 71.5 Å². The highest BCUT2D eigenvalue weighted by atomic mass is 35.5. The maximum Gasteiger partial charge on any atom is 0.337 e. The third-order valence-corrected chi connectivity index (χ3v) is 13.5. The van der Waals surface area contributed by atoms with Crippen LogP contribution in [0.15, 0.2) is 88.7 Å². The third-order valence-electron chi connectivity index (χ3n) is 9.40. The monoisotopic (exact) mass is 872 g/mol. The first-order valence-corrected chi connectivity index (χ1v) is 20.6. The summed E-state index contributed by atoms with van der Waals surface area (Å²) >= 11 is 18.5. The summed E-state index contributed by atoms with van der Waals surface area (Å²) in [5.74, 6) is -5.27. The quantitative estimate of drug-likeness (QED) is 0.144. The van der Waals surface area contributed by atoms with Crippen molar-refractivity contribution in [3.05, 3.63) is 139 Å². The Labute approximate surface area is 340 Å². The minimum atomic E-state index is -4.86. The number of aryl methyl sites for hydroxylation is 2. The van der Waals surface area contributed by atoms with Gasteiger partial charge in [-0.3, -0.25) is 4.90 Å². The van der Waals surface area contributed by atoms with E-state index in [9.17, 15) is 41.0 Å². The standard InChI is InChI=1S/C37H28Cl3FN6O8S2/c1-18-31-33(20-5-7-21(8-6-20)44(3)4)32-19(2)43-47(57(54,55)24-11-13-28(39)26(17-24)37(50)51)35(32)45(22-9-14-30(41)29(40)15-22)34(31)46(42-18)56(52,53)23-10-12-27(38)25(16-23)36(48)49/h5-17,33H,1-4H3,(H,48,49)(H,50,51). The Morgan fingerprint density at radius 2 is 1.14 bits per heavy atom. The molecule has 0 bridgehead atoms. The normalized spacial score (nSPS) is 13.0. The molecule has 0 atom stereocenters. The molecule has 294 valence electrons. The summed E-state index contributed by atoms with van der Waals surface area (Å²) in [5, 5.41) is 27.7. The van der Waals surface area contributed by atoms with Gasteiger partial charge in [-0.25, -0.2) is 14.0 Å². The number of carboxylic acid groups (broad SMARTS) is 2. The Kier molecular flexibility index (Phi) is 9.89. The van der Waals surface area contributed by atoms with Gasteiger partial charge >= 0.3 is 11.9 Å². The first-order chi connectivity index (χ1) is 26.7. The number of anilines is 4. The molecule has 14 nitrogen and oxygen atoms in total. The van der Waals surface area contributed by atoms with Crippen LogP contribution in [-0.2, 0) is 20.0 Å². The molecule has 2 N–H and O–H groups in total. The van der Waals surface area contributed by atoms with Crippen molar-refractivity contribution in [3.8, 4) is 0 Å². The van der Waals surface area contributed by atoms with Crippen LogP contribution >= 0.6 is 34.8 Å². The van der Waals surface area contributed by atoms with E-state index < -0.39 is 69.7 Å². The maximum atomic E-state index is 14.8. The fourth-order valence-corrected chi connectivity index (χ4v) is 9.96. The number of benzene rings is 4. The van der Waals surface area contributed by atoms with E-state index in [0.717, 1.165) is 54.2 Å². The molecular formula is C37H28Cl3FN6O8S2. The van der Waals surface area contributed by atoms with Gasteiger partial charge in [0.2, 0.25) is 0 Å². The summed E-state index contributed by atoms with van der Waals surface area (Å²) in [6.45, 7) is 3.10. The van der Waals surface area contributed by atoms with Crippen LogP contribution in [0.4, 0.5) is 27.4 Å². The van der Waals surface area contributed by atoms with E-state index in [1.807, 2.05) is 31.1 Å². The molecule has 0 radical (unpaired) electrons. The van der Waals surface area contributed by atoms with Gasteiger partial charge in [0, 0.05) is 36.8 Å². The zero-order valence-corrected chi connectivity index (χ0v) is 33.8. The molecule has 57 heavy (non-hydrogen) atoms. The Balaban J connectivity index is 1.63. The van der Waals surface area contributed by atoms with Crippen molar-refractivity contribution >= 4 is 89.8 Å². The lowest BCUT2D eigenvalue weighted by atomic mass is 9.82. The topological polar surface area (TPSA) is 185 Å². The second-order valence-corrected chi connectivity index (χ2v) is 17.8. The molecule has 20 heteroatoms. The Hall–Kier alpha value is -5.46. The van der Waals surface area contributed by atoms with E-state index in [1.165, 1.54) is 11.0 Å². The second kappa shape index (κ2) is 14.2. The molecule has 0 saturated carbocycles. The van der Waals surface area contributed by atoms with Crippen molar-refractivity contribution in [2.75, 3.05) is 23.9 Å². The highest BCUT2D eigenvalue weighted by Crippen LogP contribution is 2.55. The van der Waals surface area contributed by atoms with Crippen molar-refractivity contribution < 1.29 is 41.0 Å². The molecule has 7 rings (SSSR count). The predicted octanol–water partition coefficient (Wildman–Crippen LogP) is 7.70. The average molecular weight is 874 g/mol. The number of halogens is 4. The molecular weight excluding hydrogens is 846 g/mol. The molecule has 0 fully saturated rings. The lowest BCUT2D eigenvalue weighted by molar-refractivity contribution is 0.0686. The van der Waals surface area contributed by atoms with Crippen molar-refractivity contribution in [3.63, 3.8) is 0 Å². The van der Waals surface area contributed by atoms with E-state index in [1.54, 1.807) is 26.0 Å². The van der Waals surface area contributed by atoms with E-state index >= 15 is 0 Å². The van der Waals surface area contributed by atoms with Crippen LogP contribution in [0.3, 0.4) is 0 Å². The molecule has 1 aliphatic heterocycles. The molecule has 0 spiro atoms. The van der Waals surface area contributed by atoms with Gasteiger partial charge in [0.15, 0.2) is 11.6 Å². The molecule has 0 amide bonds. The largest absolute Gasteiger partial charge is 0.478 e. The Morgan fingerprint density at radius 1 is 0.684 bits per heavy atom. The number of carboxylic acids is 2. The number of hydrogen-bond donors (Lipinski definition) is 2. The van der Waals surface area contributed by atoms with E-state index in [0.29, 0.717) is 13.7 Å². The van der Waals surface area contributed by atoms with Crippen molar-refractivity contribution in [2.45, 2.75) is 29.6 Å². The van der Waals surface area contributed by atoms with Gasteiger partial charge in [-0.2, -0.15) is 27.0 Å². The Bertz CT molecular complexity index is 2770. The van der Waals surface area contributed by atoms with Gasteiger partial charge < -0.3 is 15.1 Å². The van der Waals surface area contributed by atoms with E-state index in [2.05, 4.69) is 10.2 Å². The number of nitrogens with zero attached hydrogens (tertiary/aromatic N) is 6. The van der Waals surface area contributed by atoms with Gasteiger partial charge in [0.05, 0.1) is 53.1 Å². The van der Waals surface area contributed by atoms with Gasteiger partial charge in [0.25, 0.3) is 20.0 Å². The fourth-order valence-electron chi connectivity index (χ4n) is 6.70. The highest BCUT2D eigenvalue weighted by Gasteiger charge is 2.46. The molecule has 3 heterocycles. The molecule has 0 unspecified atom stereocenters. The number of hydrogen-bond acceptors (Lipinski definition) is 10. The smallest absolute Gasteiger partial charge is 0.337 e. The summed E-state index contributed by atoms with van der Waals surface area (Å²) in [5.41, 5.74) is 1.23. The number of fused-ring (bicyclic) bond motifs is 2. The minimum Gasteiger partial charge on any atom is -0.478 e. The second-order valence-electron chi connectivity index (χ2n) is 13.1. The lowest BCUT2D eigenvalue weighted by Crippen LogP contribution is -2.30. The van der Waals surface area contributed by atoms with Crippen LogP contribution in [0, 0.1) is 19.7 Å². The molecule has 2 aromatic heterocycles. The van der Waals surface area contributed by atoms with Gasteiger partial charge in [0.1, 0.15) is 5.82 Å². The SMILES string of the molecule is Cc1nn(S(=O)(=O)c2ccc(Cl)c(C(=O)O)c2)c2c1C(c1ccc(N(C)C)cc1)c1c(C)nn(S(=O)(=O)c3ccc(Cl)c(C(=O)O)c3)c1N2c1ccc(F)c(Cl)c1. The molecule has 0 saturated heterocycles. The summed E-state index contributed by atoms with van der Waals surface area (Å²) in [4.78, 5) is 26.1. The third kappa shape index (κ3) is 6.48. The van der Waals surface area contributed by atoms with Gasteiger partial charge in [-0.05, 0) is 86.1 Å². The number of aromatic nitrogens is 4. The van der Waals surface area contributed by atoms with Crippen molar-refractivity contribution in [2.24, 2.45) is 0 Å². The zero-order valence-electron chi connectivity index (χ0n) is 29.9. The molecule has 1 aliphatic rings. The minimum absolute atomic E-state index is 0.0253. The van der Waals surface area contributed by atoms with Gasteiger partial charge in [-0.1, -0.05) is 46.9 Å². The van der Waals surface area contributed by atoms with Crippen LogP contribution in [0.5, 0.6) is 0 Å². The van der Waals surface area contributed by atoms with Gasteiger partial charge in [-0.15, -0.1) is 8.17 Å². The molecule has 4 aromatic carbocycles. The van der Waals surface area contributed by atoms with Crippen molar-refractivity contribution in [1.82, 2.24) is 18.4 Å². The first kappa shape index (κ1) is 39.8. The Morgan fingerprint density at radius 3 is 1.54 bits per heavy atom. The highest BCUT2D eigenvalue weighted by molar-refractivity contribution is 7.90. The number of carbonyl (C=O) groups is 2. The molecule has 0 aliphatic carbocycles. The van der Waals surface area contributed by atoms with E-state index in [4.69, 9.17) is 34.8 Å². The first-order valence-electron chi connectivity index (χ1n) is 16.5. The predicted molar refractivity (Wildman–Crippen MR) is 211 cm³/mol. The summed E-state index contributed by atoms with van der Waals surface area (Å²) in [7, 11) is -6.04. The zero-order chi connectivity index (χ0) is 41.5. The maximum absolute atomic E-state index is 14.8. The fraction of sp³-hybridized carbons (Fsp3) is 0.135. The molecule has 6 aromatic rings. The summed E-state index contributed by atoms with van der Waals surface area (Å²) < 4.78 is 75.1. The number of aromatic carboxylic acids is 2. The van der Waals surface area contributed by atoms with Crippen molar-refractivity contribution in [1.29, 1.82) is 0 Å². The van der Waals surface area contributed by atoms with Crippen LogP contribution in [0.25, 0.3) is 0 Å². The van der Waals surface area contributed by atoms with Crippen LogP contribution in [0.1, 0.15) is 54.7 Å². The van der Waals surface area contributed by atoms with Crippen LogP contribution < -0.4 is 9.80 Å². The average Bonchev–Trinajstić information content (AvgIpc) is 3.69. The lowest BCUT2D eigenvalue weighted by Gasteiger charge is -2.35. The number of rotatable bonds is 9. The van der Waals surface area contributed by atoms with Crippen LogP contribution in [0.2, 0.25) is 15.1 Å². The summed E-state index contributed by atoms with van der Waals surface area (Å²) in [6.07, 6.45) is 0. The summed E-state index contributed by atoms with van der Waals surface area (Å²) in [6, 6.07) is 16.7. The van der Waals surface area contributed by atoms with E-state index in [-0.39, 0.29) is 49.9 Å².